The molecule has 0 heterocycles. The van der Waals surface area contributed by atoms with Gasteiger partial charge in [-0.25, -0.2) is 18.5 Å². The van der Waals surface area contributed by atoms with Crippen LogP contribution in [0.1, 0.15) is 36.5 Å². The first-order valence-corrected chi connectivity index (χ1v) is 10.5. The molecule has 7 heteroatoms. The van der Waals surface area contributed by atoms with Crippen LogP contribution in [0, 0.1) is 6.92 Å². The number of benzene rings is 2. The van der Waals surface area contributed by atoms with E-state index in [4.69, 9.17) is 5.14 Å². The Morgan fingerprint density at radius 2 is 1.85 bits per heavy atom. The predicted molar refractivity (Wildman–Crippen MR) is 110 cm³/mol. The van der Waals surface area contributed by atoms with Crippen molar-refractivity contribution in [2.24, 2.45) is 10.1 Å². The zero-order valence-corrected chi connectivity index (χ0v) is 16.9. The van der Waals surface area contributed by atoms with Crippen LogP contribution >= 0.6 is 0 Å². The highest BCUT2D eigenvalue weighted by Crippen LogP contribution is 2.15. The van der Waals surface area contributed by atoms with Crippen molar-refractivity contribution in [3.05, 3.63) is 65.2 Å². The van der Waals surface area contributed by atoms with E-state index in [9.17, 15) is 8.42 Å². The van der Waals surface area contributed by atoms with E-state index in [0.29, 0.717) is 12.5 Å². The minimum absolute atomic E-state index is 0.104. The molecule has 0 aliphatic heterocycles. The molecule has 146 valence electrons. The third kappa shape index (κ3) is 6.69. The number of hydrogen-bond acceptors (Lipinski definition) is 3. The maximum absolute atomic E-state index is 11.3. The lowest BCUT2D eigenvalue weighted by molar-refractivity contribution is 0.598. The highest BCUT2D eigenvalue weighted by molar-refractivity contribution is 7.89. The summed E-state index contributed by atoms with van der Waals surface area (Å²) in [4.78, 5) is 4.68. The minimum Gasteiger partial charge on any atom is -0.357 e. The van der Waals surface area contributed by atoms with Gasteiger partial charge in [-0.1, -0.05) is 48.9 Å². The van der Waals surface area contributed by atoms with Crippen LogP contribution in [-0.4, -0.2) is 27.5 Å². The average Bonchev–Trinajstić information content (AvgIpc) is 2.63. The normalized spacial score (nSPS) is 13.3. The third-order valence-corrected chi connectivity index (χ3v) is 5.13. The smallest absolute Gasteiger partial charge is 0.238 e. The van der Waals surface area contributed by atoms with Gasteiger partial charge >= 0.3 is 0 Å². The van der Waals surface area contributed by atoms with Gasteiger partial charge in [0.2, 0.25) is 10.0 Å². The van der Waals surface area contributed by atoms with E-state index in [0.717, 1.165) is 24.6 Å². The van der Waals surface area contributed by atoms with Crippen LogP contribution in [0.2, 0.25) is 0 Å². The van der Waals surface area contributed by atoms with Crippen LogP contribution in [-0.2, 0) is 16.6 Å². The van der Waals surface area contributed by atoms with Gasteiger partial charge in [0.05, 0.1) is 11.4 Å². The van der Waals surface area contributed by atoms with Gasteiger partial charge in [-0.15, -0.1) is 0 Å². The molecule has 0 bridgehead atoms. The number of nitrogens with two attached hydrogens (primary N) is 1. The summed E-state index contributed by atoms with van der Waals surface area (Å²) in [5, 5.41) is 11.7. The van der Waals surface area contributed by atoms with Gasteiger partial charge in [-0.05, 0) is 43.0 Å². The Bertz CT molecular complexity index is 877. The lowest BCUT2D eigenvalue weighted by Crippen LogP contribution is -2.39. The second-order valence-corrected chi connectivity index (χ2v) is 8.14. The summed E-state index contributed by atoms with van der Waals surface area (Å²) in [5.41, 5.74) is 3.45. The van der Waals surface area contributed by atoms with E-state index < -0.39 is 10.0 Å². The van der Waals surface area contributed by atoms with Crippen LogP contribution in [0.3, 0.4) is 0 Å². The second kappa shape index (κ2) is 9.53. The number of aryl methyl sites for hydroxylation is 1. The molecule has 27 heavy (non-hydrogen) atoms. The largest absolute Gasteiger partial charge is 0.357 e. The standard InChI is InChI=1S/C20H28N4O2S/c1-4-22-20(23-13-16(3)18-7-5-6-15(2)12-18)24-14-17-8-10-19(11-9-17)27(21,25)26/h5-12,16H,4,13-14H2,1-3H3,(H2,21,25,26)(H2,22,23,24). The van der Waals surface area contributed by atoms with Crippen molar-refractivity contribution in [3.8, 4) is 0 Å². The highest BCUT2D eigenvalue weighted by Gasteiger charge is 2.08. The maximum Gasteiger partial charge on any atom is 0.238 e. The molecule has 0 aromatic heterocycles. The summed E-state index contributed by atoms with van der Waals surface area (Å²) >= 11 is 0. The summed E-state index contributed by atoms with van der Waals surface area (Å²) in [6.07, 6.45) is 0. The first kappa shape index (κ1) is 20.9. The monoisotopic (exact) mass is 388 g/mol. The van der Waals surface area contributed by atoms with Crippen LogP contribution in [0.5, 0.6) is 0 Å². The number of primary sulfonamides is 1. The quantitative estimate of drug-likeness (QED) is 0.501. The predicted octanol–water partition coefficient (Wildman–Crippen LogP) is 2.50. The van der Waals surface area contributed by atoms with Crippen LogP contribution < -0.4 is 15.8 Å². The third-order valence-electron chi connectivity index (χ3n) is 4.20. The summed E-state index contributed by atoms with van der Waals surface area (Å²) in [7, 11) is -3.67. The molecule has 0 saturated heterocycles. The minimum atomic E-state index is -3.67. The van der Waals surface area contributed by atoms with E-state index in [1.54, 1.807) is 12.1 Å². The Morgan fingerprint density at radius 3 is 2.44 bits per heavy atom. The number of nitrogens with zero attached hydrogens (tertiary/aromatic N) is 1. The summed E-state index contributed by atoms with van der Waals surface area (Å²) in [6, 6.07) is 15.0. The van der Waals surface area contributed by atoms with Crippen molar-refractivity contribution in [1.29, 1.82) is 0 Å². The van der Waals surface area contributed by atoms with Crippen LogP contribution in [0.25, 0.3) is 0 Å². The summed E-state index contributed by atoms with van der Waals surface area (Å²) < 4.78 is 22.6. The molecular formula is C20H28N4O2S. The number of hydrogen-bond donors (Lipinski definition) is 3. The summed E-state index contributed by atoms with van der Waals surface area (Å²) in [5.74, 6) is 1.08. The first-order valence-electron chi connectivity index (χ1n) is 9.00. The Kier molecular flexibility index (Phi) is 7.38. The molecular weight excluding hydrogens is 360 g/mol. The van der Waals surface area contributed by atoms with Gasteiger partial charge in [0.25, 0.3) is 0 Å². The van der Waals surface area contributed by atoms with Gasteiger partial charge in [-0.2, -0.15) is 0 Å². The molecule has 0 aliphatic carbocycles. The molecule has 0 aliphatic rings. The van der Waals surface area contributed by atoms with Crippen LogP contribution in [0.15, 0.2) is 58.4 Å². The zero-order chi connectivity index (χ0) is 19.9. The Labute approximate surface area is 162 Å². The first-order chi connectivity index (χ1) is 12.8. The molecule has 1 unspecified atom stereocenters. The number of guanidine groups is 1. The molecule has 0 spiro atoms. The van der Waals surface area contributed by atoms with Gasteiger partial charge in [0.15, 0.2) is 5.96 Å². The fourth-order valence-electron chi connectivity index (χ4n) is 2.64. The van der Waals surface area contributed by atoms with E-state index in [1.807, 2.05) is 6.92 Å². The van der Waals surface area contributed by atoms with Crippen molar-refractivity contribution in [2.75, 3.05) is 13.1 Å². The van der Waals surface area contributed by atoms with Crippen molar-refractivity contribution in [2.45, 2.75) is 38.1 Å². The molecule has 0 fully saturated rings. The zero-order valence-electron chi connectivity index (χ0n) is 16.1. The van der Waals surface area contributed by atoms with Gasteiger partial charge in [0.1, 0.15) is 0 Å². The maximum atomic E-state index is 11.3. The Morgan fingerprint density at radius 1 is 1.15 bits per heavy atom. The Balaban J connectivity index is 1.99. The number of sulfonamides is 1. The molecule has 2 rings (SSSR count). The van der Waals surface area contributed by atoms with Crippen molar-refractivity contribution < 1.29 is 8.42 Å². The van der Waals surface area contributed by atoms with Gasteiger partial charge in [-0.3, -0.25) is 0 Å². The molecule has 6 nitrogen and oxygen atoms in total. The molecule has 4 N–H and O–H groups in total. The molecule has 0 amide bonds. The SMILES string of the molecule is CCNC(=NCc1ccc(S(N)(=O)=O)cc1)NCC(C)c1cccc(C)c1. The average molecular weight is 389 g/mol. The lowest BCUT2D eigenvalue weighted by atomic mass is 9.99. The number of aliphatic imine (C=N–C) groups is 1. The molecule has 0 radical (unpaired) electrons. The van der Waals surface area contributed by atoms with E-state index in [-0.39, 0.29) is 4.90 Å². The highest BCUT2D eigenvalue weighted by atomic mass is 32.2. The van der Waals surface area contributed by atoms with Crippen LogP contribution in [0.4, 0.5) is 0 Å². The fraction of sp³-hybridized carbons (Fsp3) is 0.350. The van der Waals surface area contributed by atoms with E-state index in [2.05, 4.69) is 53.7 Å². The number of nitrogens with one attached hydrogen (secondary N) is 2. The van der Waals surface area contributed by atoms with Gasteiger partial charge < -0.3 is 10.6 Å². The van der Waals surface area contributed by atoms with Gasteiger partial charge in [0, 0.05) is 13.1 Å². The number of rotatable bonds is 7. The molecule has 2 aromatic rings. The van der Waals surface area contributed by atoms with Crippen molar-refractivity contribution in [3.63, 3.8) is 0 Å². The molecule has 1 atom stereocenters. The van der Waals surface area contributed by atoms with Crippen molar-refractivity contribution >= 4 is 16.0 Å². The van der Waals surface area contributed by atoms with E-state index >= 15 is 0 Å². The molecule has 0 saturated carbocycles. The summed E-state index contributed by atoms with van der Waals surface area (Å²) in [6.45, 7) is 8.25. The van der Waals surface area contributed by atoms with E-state index in [1.165, 1.54) is 23.3 Å². The molecule has 2 aromatic carbocycles. The second-order valence-electron chi connectivity index (χ2n) is 6.58. The lowest BCUT2D eigenvalue weighted by Gasteiger charge is -2.16. The fourth-order valence-corrected chi connectivity index (χ4v) is 3.16. The topological polar surface area (TPSA) is 96.6 Å². The van der Waals surface area contributed by atoms with Crippen molar-refractivity contribution in [1.82, 2.24) is 10.6 Å². The Hall–Kier alpha value is -2.38.